The summed E-state index contributed by atoms with van der Waals surface area (Å²) in [6.07, 6.45) is 6.44. The number of carbonyl (C=O) groups is 1. The molecular weight excluding hydrogens is 434 g/mol. The van der Waals surface area contributed by atoms with Gasteiger partial charge in [0, 0.05) is 62.1 Å². The number of aromatic nitrogens is 6. The van der Waals surface area contributed by atoms with Gasteiger partial charge in [-0.25, -0.2) is 29.7 Å². The number of fused-ring (bicyclic) bond motifs is 1. The lowest BCUT2D eigenvalue weighted by Crippen LogP contribution is -2.43. The van der Waals surface area contributed by atoms with Crippen molar-refractivity contribution in [1.29, 1.82) is 0 Å². The molecule has 1 amide bonds. The molecule has 0 aliphatic carbocycles. The first-order valence-electron chi connectivity index (χ1n) is 11.2. The monoisotopic (exact) mass is 459 g/mol. The second-order valence-electron chi connectivity index (χ2n) is 7.84. The van der Waals surface area contributed by atoms with E-state index in [2.05, 4.69) is 45.4 Å². The fourth-order valence-electron chi connectivity index (χ4n) is 3.87. The maximum absolute atomic E-state index is 11.9. The van der Waals surface area contributed by atoms with Crippen LogP contribution in [-0.2, 0) is 11.3 Å². The molecule has 1 aromatic carbocycles. The highest BCUT2D eigenvalue weighted by atomic mass is 16.5. The maximum Gasteiger partial charge on any atom is 0.413 e. The van der Waals surface area contributed by atoms with E-state index in [1.807, 2.05) is 24.5 Å². The van der Waals surface area contributed by atoms with Crippen molar-refractivity contribution in [3.05, 3.63) is 48.8 Å². The quantitative estimate of drug-likeness (QED) is 0.397. The molecule has 0 atom stereocenters. The number of benzene rings is 1. The lowest BCUT2D eigenvalue weighted by molar-refractivity contribution is 0.167. The summed E-state index contributed by atoms with van der Waals surface area (Å²) in [5.74, 6) is 1.61. The fraction of sp³-hybridized carbons (Fsp3) is 0.304. The van der Waals surface area contributed by atoms with Crippen LogP contribution in [0.1, 0.15) is 12.7 Å². The Balaban J connectivity index is 1.48. The van der Waals surface area contributed by atoms with E-state index in [0.717, 1.165) is 55.2 Å². The van der Waals surface area contributed by atoms with Gasteiger partial charge in [-0.1, -0.05) is 0 Å². The lowest BCUT2D eigenvalue weighted by Gasteiger charge is -2.26. The van der Waals surface area contributed by atoms with Gasteiger partial charge in [0.1, 0.15) is 5.82 Å². The Morgan fingerprint density at radius 2 is 1.85 bits per heavy atom. The van der Waals surface area contributed by atoms with Crippen LogP contribution >= 0.6 is 0 Å². The zero-order valence-corrected chi connectivity index (χ0v) is 18.8. The highest BCUT2D eigenvalue weighted by Crippen LogP contribution is 2.32. The Morgan fingerprint density at radius 3 is 2.59 bits per heavy atom. The van der Waals surface area contributed by atoms with Crippen molar-refractivity contribution in [2.75, 3.05) is 38.1 Å². The third-order valence-corrected chi connectivity index (χ3v) is 5.51. The largest absolute Gasteiger partial charge is 0.450 e. The Bertz CT molecular complexity index is 1270. The van der Waals surface area contributed by atoms with Gasteiger partial charge in [-0.2, -0.15) is 0 Å². The van der Waals surface area contributed by atoms with E-state index >= 15 is 0 Å². The highest BCUT2D eigenvalue weighted by molar-refractivity contribution is 5.96. The van der Waals surface area contributed by atoms with Crippen LogP contribution in [0, 0.1) is 0 Å². The summed E-state index contributed by atoms with van der Waals surface area (Å²) in [6.45, 7) is 6.69. The zero-order valence-electron chi connectivity index (χ0n) is 18.8. The summed E-state index contributed by atoms with van der Waals surface area (Å²) in [5, 5.41) is 5.97. The average molecular weight is 460 g/mol. The molecule has 1 saturated heterocycles. The van der Waals surface area contributed by atoms with E-state index in [0.29, 0.717) is 16.9 Å². The summed E-state index contributed by atoms with van der Waals surface area (Å²) in [6, 6.07) is 5.65. The van der Waals surface area contributed by atoms with Gasteiger partial charge in [-0.05, 0) is 30.7 Å². The number of hydrogen-bond donors (Lipinski definition) is 3. The highest BCUT2D eigenvalue weighted by Gasteiger charge is 2.16. The Kier molecular flexibility index (Phi) is 6.36. The molecule has 0 bridgehead atoms. The predicted molar refractivity (Wildman–Crippen MR) is 127 cm³/mol. The van der Waals surface area contributed by atoms with E-state index in [1.54, 1.807) is 25.4 Å². The molecule has 11 nitrogen and oxygen atoms in total. The average Bonchev–Trinajstić information content (AvgIpc) is 3.27. The summed E-state index contributed by atoms with van der Waals surface area (Å²) in [7, 11) is 0. The number of anilines is 1. The van der Waals surface area contributed by atoms with E-state index in [4.69, 9.17) is 4.74 Å². The molecule has 1 aliphatic rings. The first kappa shape index (κ1) is 21.9. The van der Waals surface area contributed by atoms with Crippen LogP contribution in [0.3, 0.4) is 0 Å². The minimum absolute atomic E-state index is 0.268. The van der Waals surface area contributed by atoms with E-state index in [1.165, 1.54) is 0 Å². The van der Waals surface area contributed by atoms with Crippen LogP contribution in [0.4, 0.5) is 10.7 Å². The van der Waals surface area contributed by atoms with E-state index in [9.17, 15) is 4.79 Å². The van der Waals surface area contributed by atoms with Gasteiger partial charge in [0.2, 0.25) is 5.95 Å². The van der Waals surface area contributed by atoms with Crippen molar-refractivity contribution in [3.63, 3.8) is 0 Å². The molecule has 5 rings (SSSR count). The molecule has 11 heteroatoms. The molecule has 4 aromatic rings. The molecular formula is C23H25N9O2. The predicted octanol–water partition coefficient (Wildman–Crippen LogP) is 2.45. The van der Waals surface area contributed by atoms with Crippen LogP contribution in [0.2, 0.25) is 0 Å². The van der Waals surface area contributed by atoms with Gasteiger partial charge in [0.15, 0.2) is 5.82 Å². The zero-order chi connectivity index (χ0) is 23.3. The SMILES string of the molecule is CCOC(=O)Nc1nc2cc(-c3cnc(CN4CCNCC4)nc3)cc(-c3ncccn3)c2[nH]1. The molecule has 0 unspecified atom stereocenters. The van der Waals surface area contributed by atoms with Crippen molar-refractivity contribution in [3.8, 4) is 22.5 Å². The van der Waals surface area contributed by atoms with Gasteiger partial charge in [0.05, 0.1) is 24.2 Å². The first-order valence-corrected chi connectivity index (χ1v) is 11.2. The number of rotatable bonds is 6. The summed E-state index contributed by atoms with van der Waals surface area (Å²) in [5.41, 5.74) is 3.83. The number of H-pyrrole nitrogens is 1. The Labute approximate surface area is 196 Å². The van der Waals surface area contributed by atoms with E-state index in [-0.39, 0.29) is 12.6 Å². The summed E-state index contributed by atoms with van der Waals surface area (Å²) < 4.78 is 4.96. The van der Waals surface area contributed by atoms with Gasteiger partial charge < -0.3 is 15.0 Å². The smallest absolute Gasteiger partial charge is 0.413 e. The molecule has 0 radical (unpaired) electrons. The van der Waals surface area contributed by atoms with Crippen LogP contribution < -0.4 is 10.6 Å². The number of imidazole rings is 1. The fourth-order valence-corrected chi connectivity index (χ4v) is 3.87. The molecule has 174 valence electrons. The number of nitrogens with zero attached hydrogens (tertiary/aromatic N) is 6. The normalized spacial score (nSPS) is 14.3. The second kappa shape index (κ2) is 9.89. The third-order valence-electron chi connectivity index (χ3n) is 5.51. The van der Waals surface area contributed by atoms with Crippen LogP contribution in [0.25, 0.3) is 33.5 Å². The van der Waals surface area contributed by atoms with Crippen LogP contribution in [0.15, 0.2) is 43.0 Å². The molecule has 3 aromatic heterocycles. The molecule has 34 heavy (non-hydrogen) atoms. The number of amides is 1. The molecule has 0 saturated carbocycles. The molecule has 4 heterocycles. The third kappa shape index (κ3) is 4.85. The van der Waals surface area contributed by atoms with Crippen molar-refractivity contribution >= 4 is 23.1 Å². The van der Waals surface area contributed by atoms with Gasteiger partial charge in [-0.15, -0.1) is 0 Å². The Hall–Kier alpha value is -3.96. The number of aromatic amines is 1. The minimum atomic E-state index is -0.576. The van der Waals surface area contributed by atoms with Crippen molar-refractivity contribution in [2.24, 2.45) is 0 Å². The van der Waals surface area contributed by atoms with Gasteiger partial charge in [0.25, 0.3) is 0 Å². The maximum atomic E-state index is 11.9. The van der Waals surface area contributed by atoms with Crippen LogP contribution in [0.5, 0.6) is 0 Å². The lowest BCUT2D eigenvalue weighted by atomic mass is 10.0. The molecule has 0 spiro atoms. The van der Waals surface area contributed by atoms with Crippen LogP contribution in [-0.4, -0.2) is 73.7 Å². The number of nitrogens with one attached hydrogen (secondary N) is 3. The number of ether oxygens (including phenoxy) is 1. The van der Waals surface area contributed by atoms with Crippen molar-refractivity contribution in [1.82, 2.24) is 40.1 Å². The first-order chi connectivity index (χ1) is 16.7. The second-order valence-corrected chi connectivity index (χ2v) is 7.84. The minimum Gasteiger partial charge on any atom is -0.450 e. The van der Waals surface area contributed by atoms with Crippen molar-refractivity contribution in [2.45, 2.75) is 13.5 Å². The molecule has 3 N–H and O–H groups in total. The number of carbonyl (C=O) groups excluding carboxylic acids is 1. The van der Waals surface area contributed by atoms with E-state index < -0.39 is 6.09 Å². The summed E-state index contributed by atoms with van der Waals surface area (Å²) >= 11 is 0. The number of hydrogen-bond acceptors (Lipinski definition) is 9. The number of piperazine rings is 1. The van der Waals surface area contributed by atoms with Crippen molar-refractivity contribution < 1.29 is 9.53 Å². The van der Waals surface area contributed by atoms with Gasteiger partial charge in [-0.3, -0.25) is 10.2 Å². The van der Waals surface area contributed by atoms with Gasteiger partial charge >= 0.3 is 6.09 Å². The Morgan fingerprint density at radius 1 is 1.09 bits per heavy atom. The molecule has 1 fully saturated rings. The standard InChI is InChI=1S/C23H25N9O2/c1-2-34-23(33)31-22-29-18-11-15(10-17(20(18)30-22)21-25-4-3-5-26-21)16-12-27-19(28-13-16)14-32-8-6-24-7-9-32/h3-5,10-13,24H,2,6-9,14H2,1H3,(H2,29,30,31,33). The topological polar surface area (TPSA) is 134 Å². The summed E-state index contributed by atoms with van der Waals surface area (Å²) in [4.78, 5) is 39.9. The molecule has 1 aliphatic heterocycles.